The number of hydrogen-bond donors (Lipinski definition) is 1. The molecule has 5 heteroatoms. The highest BCUT2D eigenvalue weighted by molar-refractivity contribution is 5.74. The van der Waals surface area contributed by atoms with Crippen LogP contribution in [0, 0.1) is 6.92 Å². The molecule has 2 aromatic rings. The number of hydrogen-bond acceptors (Lipinski definition) is 4. The molecule has 1 N–H and O–H groups in total. The lowest BCUT2D eigenvalue weighted by Gasteiger charge is -2.42. The highest BCUT2D eigenvalue weighted by atomic mass is 16.7. The molecule has 3 rings (SSSR count). The van der Waals surface area contributed by atoms with Crippen molar-refractivity contribution in [2.75, 3.05) is 13.2 Å². The molecule has 0 saturated carbocycles. The summed E-state index contributed by atoms with van der Waals surface area (Å²) < 4.78 is 17.5. The molecule has 1 aliphatic heterocycles. The predicted octanol–water partition coefficient (Wildman–Crippen LogP) is 4.25. The Kier molecular flexibility index (Phi) is 6.40. The summed E-state index contributed by atoms with van der Waals surface area (Å²) >= 11 is 0. The SMILES string of the molecule is CC(=O)NC1(/C=C\c2ccc(OCc3ccccc3)c(C)c2)COC(C)(C)OC1. The molecule has 29 heavy (non-hydrogen) atoms. The van der Waals surface area contributed by atoms with Crippen molar-refractivity contribution < 1.29 is 19.0 Å². The van der Waals surface area contributed by atoms with Crippen LogP contribution in [0.15, 0.2) is 54.6 Å². The topological polar surface area (TPSA) is 56.8 Å². The number of rotatable bonds is 6. The van der Waals surface area contributed by atoms with Gasteiger partial charge in [-0.3, -0.25) is 4.79 Å². The van der Waals surface area contributed by atoms with E-state index in [1.54, 1.807) is 0 Å². The van der Waals surface area contributed by atoms with Crippen molar-refractivity contribution in [2.45, 2.75) is 45.6 Å². The maximum atomic E-state index is 11.7. The number of nitrogens with one attached hydrogen (secondary N) is 1. The number of aryl methyl sites for hydroxylation is 1. The van der Waals surface area contributed by atoms with Gasteiger partial charge in [-0.25, -0.2) is 0 Å². The van der Waals surface area contributed by atoms with E-state index in [1.807, 2.05) is 75.4 Å². The van der Waals surface area contributed by atoms with Gasteiger partial charge in [-0.1, -0.05) is 48.6 Å². The molecule has 0 bridgehead atoms. The van der Waals surface area contributed by atoms with E-state index in [0.29, 0.717) is 19.8 Å². The first-order chi connectivity index (χ1) is 13.8. The highest BCUT2D eigenvalue weighted by Gasteiger charge is 2.38. The second kappa shape index (κ2) is 8.80. The molecule has 1 amide bonds. The van der Waals surface area contributed by atoms with Crippen LogP contribution < -0.4 is 10.1 Å². The van der Waals surface area contributed by atoms with Crippen LogP contribution in [0.1, 0.15) is 37.5 Å². The van der Waals surface area contributed by atoms with Crippen LogP contribution in [-0.2, 0) is 20.9 Å². The van der Waals surface area contributed by atoms with E-state index in [0.717, 1.165) is 22.4 Å². The maximum Gasteiger partial charge on any atom is 0.217 e. The second-order valence-corrected chi connectivity index (χ2v) is 7.95. The van der Waals surface area contributed by atoms with Crippen molar-refractivity contribution in [3.63, 3.8) is 0 Å². The number of carbonyl (C=O) groups is 1. The van der Waals surface area contributed by atoms with Gasteiger partial charge >= 0.3 is 0 Å². The summed E-state index contributed by atoms with van der Waals surface area (Å²) in [5.74, 6) is 0.0838. The van der Waals surface area contributed by atoms with Crippen LogP contribution in [0.5, 0.6) is 5.75 Å². The minimum atomic E-state index is -0.683. The molecule has 0 aromatic heterocycles. The number of benzene rings is 2. The van der Waals surface area contributed by atoms with Gasteiger partial charge in [-0.15, -0.1) is 0 Å². The van der Waals surface area contributed by atoms with E-state index in [-0.39, 0.29) is 5.91 Å². The molecule has 0 atom stereocenters. The molecule has 154 valence electrons. The summed E-state index contributed by atoms with van der Waals surface area (Å²) in [6.07, 6.45) is 3.93. The zero-order valence-corrected chi connectivity index (χ0v) is 17.5. The van der Waals surface area contributed by atoms with Crippen LogP contribution in [0.3, 0.4) is 0 Å². The fourth-order valence-corrected chi connectivity index (χ4v) is 3.18. The number of carbonyl (C=O) groups excluding carboxylic acids is 1. The van der Waals surface area contributed by atoms with Crippen LogP contribution in [0.25, 0.3) is 6.08 Å². The lowest BCUT2D eigenvalue weighted by molar-refractivity contribution is -0.264. The third-order valence-electron chi connectivity index (χ3n) is 4.81. The van der Waals surface area contributed by atoms with Gasteiger partial charge in [0.25, 0.3) is 0 Å². The summed E-state index contributed by atoms with van der Waals surface area (Å²) in [6.45, 7) is 8.50. The van der Waals surface area contributed by atoms with Crippen molar-refractivity contribution >= 4 is 12.0 Å². The lowest BCUT2D eigenvalue weighted by Crippen LogP contribution is -2.59. The molecule has 5 nitrogen and oxygen atoms in total. The molecule has 1 heterocycles. The first-order valence-corrected chi connectivity index (χ1v) is 9.80. The largest absolute Gasteiger partial charge is 0.489 e. The van der Waals surface area contributed by atoms with E-state index in [2.05, 4.69) is 11.4 Å². The predicted molar refractivity (Wildman–Crippen MR) is 114 cm³/mol. The molecule has 1 fully saturated rings. The zero-order valence-electron chi connectivity index (χ0n) is 17.5. The minimum Gasteiger partial charge on any atom is -0.489 e. The van der Waals surface area contributed by atoms with Crippen molar-refractivity contribution in [1.29, 1.82) is 0 Å². The van der Waals surface area contributed by atoms with Crippen molar-refractivity contribution in [1.82, 2.24) is 5.32 Å². The van der Waals surface area contributed by atoms with E-state index in [1.165, 1.54) is 6.92 Å². The summed E-state index contributed by atoms with van der Waals surface area (Å²) in [5, 5.41) is 2.97. The fraction of sp³-hybridized carbons (Fsp3) is 0.375. The Bertz CT molecular complexity index is 864. The average Bonchev–Trinajstić information content (AvgIpc) is 2.68. The number of amides is 1. The Morgan fingerprint density at radius 3 is 2.45 bits per heavy atom. The van der Waals surface area contributed by atoms with Gasteiger partial charge in [-0.05, 0) is 49.6 Å². The molecule has 2 aromatic carbocycles. The molecule has 0 spiro atoms. The first kappa shape index (κ1) is 21.1. The van der Waals surface area contributed by atoms with E-state index >= 15 is 0 Å². The average molecular weight is 395 g/mol. The van der Waals surface area contributed by atoms with Gasteiger partial charge in [0.05, 0.1) is 13.2 Å². The molecule has 0 radical (unpaired) electrons. The smallest absolute Gasteiger partial charge is 0.217 e. The van der Waals surface area contributed by atoms with Gasteiger partial charge in [0, 0.05) is 6.92 Å². The molecule has 1 saturated heterocycles. The monoisotopic (exact) mass is 395 g/mol. The molecular weight excluding hydrogens is 366 g/mol. The molecular formula is C24H29NO4. The van der Waals surface area contributed by atoms with Crippen LogP contribution in [0.2, 0.25) is 0 Å². The minimum absolute atomic E-state index is 0.123. The van der Waals surface area contributed by atoms with Gasteiger partial charge in [0.15, 0.2) is 5.79 Å². The Morgan fingerprint density at radius 2 is 1.83 bits per heavy atom. The fourth-order valence-electron chi connectivity index (χ4n) is 3.18. The molecule has 1 aliphatic rings. The second-order valence-electron chi connectivity index (χ2n) is 7.95. The van der Waals surface area contributed by atoms with E-state index in [4.69, 9.17) is 14.2 Å². The Balaban J connectivity index is 1.70. The Morgan fingerprint density at radius 1 is 1.14 bits per heavy atom. The van der Waals surface area contributed by atoms with Crippen LogP contribution >= 0.6 is 0 Å². The van der Waals surface area contributed by atoms with E-state index < -0.39 is 11.3 Å². The highest BCUT2D eigenvalue weighted by Crippen LogP contribution is 2.26. The Hall–Kier alpha value is -2.63. The molecule has 0 aliphatic carbocycles. The van der Waals surface area contributed by atoms with Crippen molar-refractivity contribution in [2.24, 2.45) is 0 Å². The van der Waals surface area contributed by atoms with Crippen LogP contribution in [0.4, 0.5) is 0 Å². The van der Waals surface area contributed by atoms with Crippen molar-refractivity contribution in [3.8, 4) is 5.75 Å². The van der Waals surface area contributed by atoms with Gasteiger partial charge in [0.1, 0.15) is 17.9 Å². The van der Waals surface area contributed by atoms with Crippen LogP contribution in [-0.4, -0.2) is 30.4 Å². The summed E-state index contributed by atoms with van der Waals surface area (Å²) in [7, 11) is 0. The Labute approximate surface area is 172 Å². The van der Waals surface area contributed by atoms with Crippen molar-refractivity contribution in [3.05, 3.63) is 71.3 Å². The van der Waals surface area contributed by atoms with Gasteiger partial charge < -0.3 is 19.5 Å². The third kappa shape index (κ3) is 5.92. The van der Waals surface area contributed by atoms with Gasteiger partial charge in [0.2, 0.25) is 5.91 Å². The normalized spacial score (nSPS) is 17.8. The number of ether oxygens (including phenoxy) is 3. The van der Waals surface area contributed by atoms with E-state index in [9.17, 15) is 4.79 Å². The summed E-state index contributed by atoms with van der Waals surface area (Å²) in [4.78, 5) is 11.7. The quantitative estimate of drug-likeness (QED) is 0.795. The summed E-state index contributed by atoms with van der Waals surface area (Å²) in [5.41, 5.74) is 2.52. The lowest BCUT2D eigenvalue weighted by atomic mass is 9.97. The molecule has 0 unspecified atom stereocenters. The summed E-state index contributed by atoms with van der Waals surface area (Å²) in [6, 6.07) is 16.1. The third-order valence-corrected chi connectivity index (χ3v) is 4.81. The zero-order chi connectivity index (χ0) is 20.9. The van der Waals surface area contributed by atoms with Gasteiger partial charge in [-0.2, -0.15) is 0 Å². The maximum absolute atomic E-state index is 11.7. The standard InChI is InChI=1S/C24H29NO4/c1-18-14-20(10-11-22(18)27-15-21-8-6-5-7-9-21)12-13-24(25-19(2)26)16-28-23(3,4)29-17-24/h5-14H,15-17H2,1-4H3,(H,25,26)/b13-12-. The first-order valence-electron chi connectivity index (χ1n) is 9.80.